The van der Waals surface area contributed by atoms with E-state index in [4.69, 9.17) is 4.74 Å². The van der Waals surface area contributed by atoms with Crippen molar-refractivity contribution in [1.29, 1.82) is 0 Å². The summed E-state index contributed by atoms with van der Waals surface area (Å²) in [6.07, 6.45) is 3.33. The van der Waals surface area contributed by atoms with Gasteiger partial charge in [-0.25, -0.2) is 9.97 Å². The maximum absolute atomic E-state index is 12.4. The van der Waals surface area contributed by atoms with E-state index in [2.05, 4.69) is 32.4 Å². The molecule has 7 nitrogen and oxygen atoms in total. The fraction of sp³-hybridized carbons (Fsp3) is 0.389. The molecule has 1 saturated heterocycles. The maximum atomic E-state index is 12.4. The van der Waals surface area contributed by atoms with Gasteiger partial charge >= 0.3 is 0 Å². The quantitative estimate of drug-likeness (QED) is 0.832. The number of anilines is 2. The fourth-order valence-electron chi connectivity index (χ4n) is 2.72. The van der Waals surface area contributed by atoms with Crippen molar-refractivity contribution < 1.29 is 9.53 Å². The normalized spacial score (nSPS) is 16.2. The first-order valence-electron chi connectivity index (χ1n) is 8.46. The second-order valence-corrected chi connectivity index (χ2v) is 5.99. The Kier molecular flexibility index (Phi) is 5.92. The number of hydrogen-bond donors (Lipinski definition) is 2. The number of nitrogens with one attached hydrogen (secondary N) is 2. The van der Waals surface area contributed by atoms with Crippen molar-refractivity contribution in [2.45, 2.75) is 13.0 Å². The van der Waals surface area contributed by atoms with Crippen LogP contribution in [0.3, 0.4) is 0 Å². The molecule has 0 saturated carbocycles. The highest BCUT2D eigenvalue weighted by Gasteiger charge is 2.17. The van der Waals surface area contributed by atoms with Crippen molar-refractivity contribution in [2.75, 3.05) is 38.2 Å². The van der Waals surface area contributed by atoms with Crippen molar-refractivity contribution in [3.05, 3.63) is 48.3 Å². The molecule has 1 aliphatic rings. The van der Waals surface area contributed by atoms with Crippen LogP contribution in [0.2, 0.25) is 0 Å². The van der Waals surface area contributed by atoms with Gasteiger partial charge in [0.2, 0.25) is 5.95 Å². The average Bonchev–Trinajstić information content (AvgIpc) is 2.67. The van der Waals surface area contributed by atoms with Crippen LogP contribution in [0.15, 0.2) is 42.7 Å². The van der Waals surface area contributed by atoms with Crippen molar-refractivity contribution in [1.82, 2.24) is 20.2 Å². The van der Waals surface area contributed by atoms with E-state index >= 15 is 0 Å². The summed E-state index contributed by atoms with van der Waals surface area (Å²) in [6, 6.07) is 9.35. The van der Waals surface area contributed by atoms with E-state index < -0.39 is 0 Å². The number of hydrogen-bond acceptors (Lipinski definition) is 6. The molecule has 0 bridgehead atoms. The van der Waals surface area contributed by atoms with Gasteiger partial charge in [-0.3, -0.25) is 9.69 Å². The Hall–Kier alpha value is -2.51. The van der Waals surface area contributed by atoms with E-state index in [1.807, 2.05) is 12.1 Å². The summed E-state index contributed by atoms with van der Waals surface area (Å²) in [5.74, 6) is 0.415. The maximum Gasteiger partial charge on any atom is 0.251 e. The zero-order valence-electron chi connectivity index (χ0n) is 14.3. The zero-order valence-corrected chi connectivity index (χ0v) is 14.3. The summed E-state index contributed by atoms with van der Waals surface area (Å²) in [5.41, 5.74) is 1.38. The molecule has 1 aromatic heterocycles. The summed E-state index contributed by atoms with van der Waals surface area (Å²) in [5, 5.41) is 6.10. The lowest BCUT2D eigenvalue weighted by atomic mass is 10.1. The monoisotopic (exact) mass is 341 g/mol. The Labute approximate surface area is 147 Å². The average molecular weight is 341 g/mol. The molecule has 3 rings (SSSR count). The molecule has 1 amide bonds. The minimum absolute atomic E-state index is 0.0854. The molecule has 1 aliphatic heterocycles. The van der Waals surface area contributed by atoms with E-state index in [1.54, 1.807) is 30.6 Å². The summed E-state index contributed by atoms with van der Waals surface area (Å²) >= 11 is 0. The first kappa shape index (κ1) is 17.3. The fourth-order valence-corrected chi connectivity index (χ4v) is 2.72. The standard InChI is InChI=1S/C18H23N5O2/c1-14(23-8-10-25-11-9-23)13-21-17(24)15-4-2-5-16(12-15)22-18-19-6-3-7-20-18/h2-7,12,14H,8-11,13H2,1H3,(H,21,24)(H,19,20,22). The summed E-state index contributed by atoms with van der Waals surface area (Å²) in [6.45, 7) is 6.07. The number of amides is 1. The number of aromatic nitrogens is 2. The van der Waals surface area contributed by atoms with Crippen molar-refractivity contribution >= 4 is 17.5 Å². The Balaban J connectivity index is 1.55. The Bertz CT molecular complexity index is 689. The van der Waals surface area contributed by atoms with E-state index in [0.29, 0.717) is 18.1 Å². The van der Waals surface area contributed by atoms with Gasteiger partial charge < -0.3 is 15.4 Å². The minimum Gasteiger partial charge on any atom is -0.379 e. The van der Waals surface area contributed by atoms with Crippen LogP contribution in [0.1, 0.15) is 17.3 Å². The molecule has 0 radical (unpaired) electrons. The van der Waals surface area contributed by atoms with Gasteiger partial charge in [-0.2, -0.15) is 0 Å². The first-order chi connectivity index (χ1) is 12.2. The highest BCUT2D eigenvalue weighted by Crippen LogP contribution is 2.14. The molecule has 1 fully saturated rings. The van der Waals surface area contributed by atoms with Gasteiger partial charge in [0.15, 0.2) is 0 Å². The van der Waals surface area contributed by atoms with Crippen molar-refractivity contribution in [3.8, 4) is 0 Å². The zero-order chi connectivity index (χ0) is 17.5. The van der Waals surface area contributed by atoms with Gasteiger partial charge in [0.05, 0.1) is 13.2 Å². The molecule has 0 spiro atoms. The van der Waals surface area contributed by atoms with Crippen LogP contribution in [-0.2, 0) is 4.74 Å². The number of morpholine rings is 1. The van der Waals surface area contributed by atoms with Gasteiger partial charge in [-0.1, -0.05) is 6.07 Å². The Morgan fingerprint density at radius 3 is 2.76 bits per heavy atom. The van der Waals surface area contributed by atoms with Crippen LogP contribution in [0.5, 0.6) is 0 Å². The van der Waals surface area contributed by atoms with Crippen molar-refractivity contribution in [2.24, 2.45) is 0 Å². The molecular formula is C18H23N5O2. The molecule has 25 heavy (non-hydrogen) atoms. The predicted molar refractivity (Wildman–Crippen MR) is 95.9 cm³/mol. The summed E-state index contributed by atoms with van der Waals surface area (Å²) in [4.78, 5) is 23.0. The number of rotatable bonds is 6. The van der Waals surface area contributed by atoms with Gasteiger partial charge in [0.1, 0.15) is 0 Å². The van der Waals surface area contributed by atoms with E-state index in [9.17, 15) is 4.79 Å². The molecule has 1 aromatic carbocycles. The second kappa shape index (κ2) is 8.55. The van der Waals surface area contributed by atoms with Gasteiger partial charge in [-0.15, -0.1) is 0 Å². The van der Waals surface area contributed by atoms with Crippen LogP contribution < -0.4 is 10.6 Å². The summed E-state index contributed by atoms with van der Waals surface area (Å²) in [7, 11) is 0. The number of ether oxygens (including phenoxy) is 1. The number of carbonyl (C=O) groups excluding carboxylic acids is 1. The number of benzene rings is 1. The number of nitrogens with zero attached hydrogens (tertiary/aromatic N) is 3. The Morgan fingerprint density at radius 2 is 2.00 bits per heavy atom. The Morgan fingerprint density at radius 1 is 1.24 bits per heavy atom. The number of carbonyl (C=O) groups is 1. The van der Waals surface area contributed by atoms with Crippen molar-refractivity contribution in [3.63, 3.8) is 0 Å². The largest absolute Gasteiger partial charge is 0.379 e. The van der Waals surface area contributed by atoms with E-state index in [0.717, 1.165) is 32.0 Å². The minimum atomic E-state index is -0.0854. The van der Waals surface area contributed by atoms with E-state index in [1.165, 1.54) is 0 Å². The smallest absolute Gasteiger partial charge is 0.251 e. The highest BCUT2D eigenvalue weighted by atomic mass is 16.5. The third-order valence-corrected chi connectivity index (χ3v) is 4.17. The molecule has 2 heterocycles. The molecule has 2 aromatic rings. The van der Waals surface area contributed by atoms with Crippen LogP contribution in [0.4, 0.5) is 11.6 Å². The van der Waals surface area contributed by atoms with Gasteiger partial charge in [0.25, 0.3) is 5.91 Å². The van der Waals surface area contributed by atoms with Crippen LogP contribution in [0.25, 0.3) is 0 Å². The molecule has 132 valence electrons. The highest BCUT2D eigenvalue weighted by molar-refractivity contribution is 5.95. The second-order valence-electron chi connectivity index (χ2n) is 5.99. The molecule has 7 heteroatoms. The third-order valence-electron chi connectivity index (χ3n) is 4.17. The lowest BCUT2D eigenvalue weighted by molar-refractivity contribution is 0.0204. The van der Waals surface area contributed by atoms with E-state index in [-0.39, 0.29) is 11.9 Å². The van der Waals surface area contributed by atoms with Gasteiger partial charge in [-0.05, 0) is 31.2 Å². The lowest BCUT2D eigenvalue weighted by Gasteiger charge is -2.32. The molecule has 2 N–H and O–H groups in total. The topological polar surface area (TPSA) is 79.4 Å². The third kappa shape index (κ3) is 4.98. The van der Waals surface area contributed by atoms with Crippen LogP contribution in [-0.4, -0.2) is 59.7 Å². The molecule has 1 unspecified atom stereocenters. The summed E-state index contributed by atoms with van der Waals surface area (Å²) < 4.78 is 5.36. The van der Waals surface area contributed by atoms with Crippen LogP contribution in [0, 0.1) is 0 Å². The molecule has 0 aliphatic carbocycles. The predicted octanol–water partition coefficient (Wildman–Crippen LogP) is 1.67. The SMILES string of the molecule is CC(CNC(=O)c1cccc(Nc2ncccn2)c1)N1CCOCC1. The van der Waals surface area contributed by atoms with Crippen LogP contribution >= 0.6 is 0 Å². The lowest BCUT2D eigenvalue weighted by Crippen LogP contribution is -2.47. The first-order valence-corrected chi connectivity index (χ1v) is 8.46. The van der Waals surface area contributed by atoms with Gasteiger partial charge in [0, 0.05) is 49.3 Å². The molecular weight excluding hydrogens is 318 g/mol. The molecule has 1 atom stereocenters.